The van der Waals surface area contributed by atoms with Gasteiger partial charge in [-0.3, -0.25) is 19.4 Å². The molecule has 7 heteroatoms. The van der Waals surface area contributed by atoms with Crippen LogP contribution in [0.2, 0.25) is 0 Å². The summed E-state index contributed by atoms with van der Waals surface area (Å²) in [4.78, 5) is 36.1. The number of benzene rings is 2. The molecule has 2 saturated heterocycles. The van der Waals surface area contributed by atoms with Gasteiger partial charge >= 0.3 is 0 Å². The fraction of sp³-hybridized carbons (Fsp3) is 0.545. The number of anilines is 2. The summed E-state index contributed by atoms with van der Waals surface area (Å²) in [6.45, 7) is 12.6. The third-order valence-corrected chi connectivity index (χ3v) is 8.78. The van der Waals surface area contributed by atoms with Crippen molar-refractivity contribution in [3.8, 4) is 0 Å². The van der Waals surface area contributed by atoms with Crippen molar-refractivity contribution >= 4 is 45.0 Å². The maximum Gasteiger partial charge on any atom is 0.241 e. The molecule has 3 aromatic rings. The van der Waals surface area contributed by atoms with Gasteiger partial charge in [0.1, 0.15) is 0 Å². The van der Waals surface area contributed by atoms with Gasteiger partial charge < -0.3 is 10.6 Å². The van der Waals surface area contributed by atoms with Crippen LogP contribution in [0.3, 0.4) is 0 Å². The van der Waals surface area contributed by atoms with E-state index in [1.807, 2.05) is 36.4 Å². The molecule has 0 radical (unpaired) electrons. The number of hydrogen-bond donors (Lipinski definition) is 2. The first-order valence-corrected chi connectivity index (χ1v) is 15.3. The van der Waals surface area contributed by atoms with Crippen molar-refractivity contribution in [3.63, 3.8) is 0 Å². The van der Waals surface area contributed by atoms with E-state index in [0.717, 1.165) is 85.0 Å². The predicted octanol–water partition coefficient (Wildman–Crippen LogP) is 6.29. The molecule has 2 aromatic carbocycles. The third-order valence-electron chi connectivity index (χ3n) is 8.78. The highest BCUT2D eigenvalue weighted by Crippen LogP contribution is 2.27. The number of aromatic nitrogens is 1. The second kappa shape index (κ2) is 12.6. The summed E-state index contributed by atoms with van der Waals surface area (Å²) < 4.78 is 0. The number of fused-ring (bicyclic) bond motifs is 2. The summed E-state index contributed by atoms with van der Waals surface area (Å²) in [6, 6.07) is 13.7. The lowest BCUT2D eigenvalue weighted by molar-refractivity contribution is -0.122. The van der Waals surface area contributed by atoms with Crippen molar-refractivity contribution in [1.82, 2.24) is 14.8 Å². The first-order valence-electron chi connectivity index (χ1n) is 15.3. The van der Waals surface area contributed by atoms with Crippen LogP contribution in [0.5, 0.6) is 0 Å². The maximum absolute atomic E-state index is 13.2. The second-order valence-electron chi connectivity index (χ2n) is 12.1. The lowest BCUT2D eigenvalue weighted by Crippen LogP contribution is -2.48. The Bertz CT molecular complexity index is 1260. The zero-order chi connectivity index (χ0) is 28.2. The number of rotatable bonds is 8. The van der Waals surface area contributed by atoms with Crippen molar-refractivity contribution in [2.24, 2.45) is 11.8 Å². The molecule has 3 heterocycles. The minimum Gasteiger partial charge on any atom is -0.325 e. The molecule has 1 aromatic heterocycles. The number of pyridine rings is 1. The molecule has 4 atom stereocenters. The Morgan fingerprint density at radius 3 is 1.62 bits per heavy atom. The zero-order valence-corrected chi connectivity index (χ0v) is 24.6. The molecule has 214 valence electrons. The number of nitrogens with one attached hydrogen (secondary N) is 2. The zero-order valence-electron chi connectivity index (χ0n) is 24.6. The second-order valence-corrected chi connectivity index (χ2v) is 12.1. The van der Waals surface area contributed by atoms with E-state index in [9.17, 15) is 9.59 Å². The number of likely N-dealkylation sites (tertiary alicyclic amines) is 2. The van der Waals surface area contributed by atoms with Crippen molar-refractivity contribution in [3.05, 3.63) is 42.5 Å². The van der Waals surface area contributed by atoms with Gasteiger partial charge in [-0.05, 0) is 93.8 Å². The Balaban J connectivity index is 1.32. The largest absolute Gasteiger partial charge is 0.325 e. The first-order chi connectivity index (χ1) is 19.3. The molecule has 0 saturated carbocycles. The highest BCUT2D eigenvalue weighted by molar-refractivity contribution is 6.00. The topological polar surface area (TPSA) is 77.6 Å². The summed E-state index contributed by atoms with van der Waals surface area (Å²) in [6.07, 6.45) is 6.36. The molecule has 2 amide bonds. The molecule has 2 fully saturated rings. The molecule has 0 aliphatic carbocycles. The minimum absolute atomic E-state index is 0.0512. The Kier molecular flexibility index (Phi) is 9.01. The van der Waals surface area contributed by atoms with E-state index in [2.05, 4.69) is 54.2 Å². The average molecular weight is 544 g/mol. The monoisotopic (exact) mass is 543 g/mol. The van der Waals surface area contributed by atoms with E-state index < -0.39 is 0 Å². The summed E-state index contributed by atoms with van der Waals surface area (Å²) in [5.41, 5.74) is 3.17. The number of carbonyl (C=O) groups is 2. The number of nitrogens with zero attached hydrogens (tertiary/aromatic N) is 3. The molecule has 2 N–H and O–H groups in total. The summed E-state index contributed by atoms with van der Waals surface area (Å²) in [5.74, 6) is 1.36. The van der Waals surface area contributed by atoms with Crippen molar-refractivity contribution in [1.29, 1.82) is 0 Å². The van der Waals surface area contributed by atoms with Gasteiger partial charge in [0, 0.05) is 35.2 Å². The van der Waals surface area contributed by atoms with Crippen LogP contribution in [0.25, 0.3) is 21.8 Å². The molecule has 0 bridgehead atoms. The molecule has 7 nitrogen and oxygen atoms in total. The Morgan fingerprint density at radius 2 is 1.23 bits per heavy atom. The van der Waals surface area contributed by atoms with Gasteiger partial charge in [0.15, 0.2) is 0 Å². The number of piperidine rings is 2. The Hall–Kier alpha value is -3.03. The molecule has 2 aliphatic rings. The van der Waals surface area contributed by atoms with E-state index in [1.165, 1.54) is 12.8 Å². The number of amides is 2. The highest BCUT2D eigenvalue weighted by atomic mass is 16.2. The van der Waals surface area contributed by atoms with E-state index in [-0.39, 0.29) is 23.9 Å². The summed E-state index contributed by atoms with van der Waals surface area (Å²) in [7, 11) is 0. The van der Waals surface area contributed by atoms with E-state index >= 15 is 0 Å². The van der Waals surface area contributed by atoms with E-state index in [1.54, 1.807) is 0 Å². The predicted molar refractivity (Wildman–Crippen MR) is 165 cm³/mol. The normalized spacial score (nSPS) is 22.2. The van der Waals surface area contributed by atoms with E-state index in [0.29, 0.717) is 11.8 Å². The molecule has 0 spiro atoms. The molecule has 4 unspecified atom stereocenters. The van der Waals surface area contributed by atoms with Gasteiger partial charge in [-0.25, -0.2) is 4.98 Å². The van der Waals surface area contributed by atoms with Gasteiger partial charge in [-0.2, -0.15) is 0 Å². The van der Waals surface area contributed by atoms with E-state index in [4.69, 9.17) is 4.98 Å². The lowest BCUT2D eigenvalue weighted by Gasteiger charge is -2.36. The fourth-order valence-corrected chi connectivity index (χ4v) is 6.67. The SMILES string of the molecule is CCC(C(=O)Nc1ccc2cc3ccc(NC(=O)C(CC)N4CCCC(C)C4)cc3nc2c1)N1CCCC(C)C1. The van der Waals surface area contributed by atoms with Gasteiger partial charge in [0.25, 0.3) is 0 Å². The maximum atomic E-state index is 13.2. The standard InChI is InChI=1S/C33H45N5O2/c1-5-30(37-15-7-9-22(3)20-37)32(39)34-26-13-11-24-17-25-12-14-27(19-29(25)36-28(24)18-26)35-33(40)31(6-2)38-16-8-10-23(4)21-38/h11-14,17-19,22-23,30-31H,5-10,15-16,20-21H2,1-4H3,(H,34,39)(H,35,40). The summed E-state index contributed by atoms with van der Waals surface area (Å²) >= 11 is 0. The highest BCUT2D eigenvalue weighted by Gasteiger charge is 2.29. The molecule has 5 rings (SSSR count). The van der Waals surface area contributed by atoms with Crippen LogP contribution in [0.4, 0.5) is 11.4 Å². The van der Waals surface area contributed by atoms with Crippen LogP contribution in [0.1, 0.15) is 66.2 Å². The average Bonchev–Trinajstić information content (AvgIpc) is 2.93. The fourth-order valence-electron chi connectivity index (χ4n) is 6.67. The number of hydrogen-bond acceptors (Lipinski definition) is 5. The van der Waals surface area contributed by atoms with Crippen LogP contribution < -0.4 is 10.6 Å². The van der Waals surface area contributed by atoms with Crippen molar-refractivity contribution in [2.75, 3.05) is 36.8 Å². The molecular weight excluding hydrogens is 498 g/mol. The van der Waals surface area contributed by atoms with Gasteiger partial charge in [0.05, 0.1) is 23.1 Å². The van der Waals surface area contributed by atoms with Crippen molar-refractivity contribution < 1.29 is 9.59 Å². The molecular formula is C33H45N5O2. The van der Waals surface area contributed by atoms with Crippen LogP contribution >= 0.6 is 0 Å². The van der Waals surface area contributed by atoms with Crippen LogP contribution in [0.15, 0.2) is 42.5 Å². The number of carbonyl (C=O) groups excluding carboxylic acids is 2. The smallest absolute Gasteiger partial charge is 0.241 e. The molecule has 40 heavy (non-hydrogen) atoms. The van der Waals surface area contributed by atoms with Crippen molar-refractivity contribution in [2.45, 2.75) is 78.3 Å². The first kappa shape index (κ1) is 28.5. The lowest BCUT2D eigenvalue weighted by atomic mass is 9.97. The molecule has 2 aliphatic heterocycles. The summed E-state index contributed by atoms with van der Waals surface area (Å²) in [5, 5.41) is 8.34. The van der Waals surface area contributed by atoms with Gasteiger partial charge in [0.2, 0.25) is 11.8 Å². The van der Waals surface area contributed by atoms with Crippen LogP contribution in [0, 0.1) is 11.8 Å². The van der Waals surface area contributed by atoms with Crippen LogP contribution in [-0.2, 0) is 9.59 Å². The minimum atomic E-state index is -0.116. The Morgan fingerprint density at radius 1 is 0.775 bits per heavy atom. The quantitative estimate of drug-likeness (QED) is 0.327. The van der Waals surface area contributed by atoms with Gasteiger partial charge in [-0.15, -0.1) is 0 Å². The Labute approximate surface area is 238 Å². The van der Waals surface area contributed by atoms with Crippen LogP contribution in [-0.4, -0.2) is 64.9 Å². The third kappa shape index (κ3) is 6.47. The van der Waals surface area contributed by atoms with Gasteiger partial charge in [-0.1, -0.05) is 39.8 Å².